The monoisotopic (exact) mass is 309 g/mol. The normalized spacial score (nSPS) is 11.1. The first-order chi connectivity index (χ1) is 9.83. The molecular formula is C12H15N5O3S. The van der Waals surface area contributed by atoms with Crippen molar-refractivity contribution in [2.75, 3.05) is 16.3 Å². The zero-order valence-electron chi connectivity index (χ0n) is 11.6. The number of aryl methyl sites for hydroxylation is 1. The van der Waals surface area contributed by atoms with E-state index in [1.807, 2.05) is 25.1 Å². The zero-order valence-corrected chi connectivity index (χ0v) is 12.4. The summed E-state index contributed by atoms with van der Waals surface area (Å²) in [6.07, 6.45) is 2.25. The van der Waals surface area contributed by atoms with Gasteiger partial charge in [-0.3, -0.25) is 9.52 Å². The number of anilines is 2. The lowest BCUT2D eigenvalue weighted by atomic mass is 10.2. The second-order valence-electron chi connectivity index (χ2n) is 4.50. The summed E-state index contributed by atoms with van der Waals surface area (Å²) in [5, 5.41) is 10.4. The highest BCUT2D eigenvalue weighted by Gasteiger charge is 2.10. The van der Waals surface area contributed by atoms with Crippen molar-refractivity contribution in [3.8, 4) is 0 Å². The van der Waals surface area contributed by atoms with Crippen LogP contribution in [0, 0.1) is 6.92 Å². The minimum atomic E-state index is -3.41. The number of aromatic nitrogens is 3. The Balaban J connectivity index is 1.99. The van der Waals surface area contributed by atoms with Gasteiger partial charge >= 0.3 is 0 Å². The Morgan fingerprint density at radius 1 is 1.33 bits per heavy atom. The number of rotatable bonds is 5. The summed E-state index contributed by atoms with van der Waals surface area (Å²) in [6.45, 7) is 1.77. The van der Waals surface area contributed by atoms with E-state index in [1.54, 1.807) is 6.07 Å². The Morgan fingerprint density at radius 2 is 2.05 bits per heavy atom. The lowest BCUT2D eigenvalue weighted by Crippen LogP contribution is -2.21. The Morgan fingerprint density at radius 3 is 2.71 bits per heavy atom. The molecule has 21 heavy (non-hydrogen) atoms. The SMILES string of the molecule is Cc1ccccc1NC(=O)Cn1ncc(NS(C)(=O)=O)n1. The number of para-hydroxylation sites is 1. The maximum absolute atomic E-state index is 11.9. The zero-order chi connectivity index (χ0) is 15.5. The number of nitrogens with one attached hydrogen (secondary N) is 2. The Kier molecular flexibility index (Phi) is 4.22. The van der Waals surface area contributed by atoms with Gasteiger partial charge in [-0.1, -0.05) is 18.2 Å². The number of carbonyl (C=O) groups excluding carboxylic acids is 1. The number of hydrogen-bond acceptors (Lipinski definition) is 5. The molecule has 0 fully saturated rings. The third kappa shape index (κ3) is 4.56. The number of benzene rings is 1. The van der Waals surface area contributed by atoms with E-state index in [-0.39, 0.29) is 18.3 Å². The molecule has 1 amide bonds. The summed E-state index contributed by atoms with van der Waals surface area (Å²) in [4.78, 5) is 13.0. The van der Waals surface area contributed by atoms with E-state index in [2.05, 4.69) is 20.2 Å². The molecule has 0 bridgehead atoms. The Bertz CT molecular complexity index is 754. The van der Waals surface area contributed by atoms with Crippen molar-refractivity contribution in [2.45, 2.75) is 13.5 Å². The number of hydrogen-bond donors (Lipinski definition) is 2. The highest BCUT2D eigenvalue weighted by Crippen LogP contribution is 2.13. The maximum Gasteiger partial charge on any atom is 0.247 e. The average molecular weight is 309 g/mol. The standard InChI is InChI=1S/C12H15N5O3S/c1-9-5-3-4-6-10(9)14-12(18)8-17-13-7-11(15-17)16-21(2,19)20/h3-7H,8H2,1-2H3,(H,14,18)(H,15,16). The molecule has 0 aliphatic heterocycles. The van der Waals surface area contributed by atoms with Crippen LogP contribution in [-0.4, -0.2) is 35.6 Å². The summed E-state index contributed by atoms with van der Waals surface area (Å²) in [7, 11) is -3.41. The summed E-state index contributed by atoms with van der Waals surface area (Å²) in [5.74, 6) is -0.230. The molecule has 1 heterocycles. The molecule has 2 rings (SSSR count). The molecule has 2 N–H and O–H groups in total. The fourth-order valence-electron chi connectivity index (χ4n) is 1.64. The fourth-order valence-corrected chi connectivity index (χ4v) is 2.11. The average Bonchev–Trinajstić information content (AvgIpc) is 2.77. The maximum atomic E-state index is 11.9. The number of nitrogens with zero attached hydrogens (tertiary/aromatic N) is 3. The molecule has 0 radical (unpaired) electrons. The van der Waals surface area contributed by atoms with Crippen molar-refractivity contribution in [3.05, 3.63) is 36.0 Å². The predicted molar refractivity (Wildman–Crippen MR) is 78.3 cm³/mol. The van der Waals surface area contributed by atoms with E-state index in [0.717, 1.165) is 16.6 Å². The molecule has 0 spiro atoms. The predicted octanol–water partition coefficient (Wildman–Crippen LogP) is 0.597. The van der Waals surface area contributed by atoms with Crippen LogP contribution < -0.4 is 10.0 Å². The van der Waals surface area contributed by atoms with Crippen LogP contribution in [-0.2, 0) is 21.4 Å². The quantitative estimate of drug-likeness (QED) is 0.841. The Labute approximate surface area is 122 Å². The third-order valence-electron chi connectivity index (χ3n) is 2.53. The molecule has 9 heteroatoms. The van der Waals surface area contributed by atoms with Gasteiger partial charge in [0.05, 0.1) is 12.5 Å². The molecule has 0 saturated heterocycles. The molecule has 0 aliphatic rings. The van der Waals surface area contributed by atoms with Gasteiger partial charge in [-0.25, -0.2) is 8.42 Å². The molecule has 1 aromatic carbocycles. The molecular weight excluding hydrogens is 294 g/mol. The van der Waals surface area contributed by atoms with E-state index in [4.69, 9.17) is 0 Å². The molecule has 1 aromatic heterocycles. The lowest BCUT2D eigenvalue weighted by molar-refractivity contribution is -0.117. The van der Waals surface area contributed by atoms with E-state index >= 15 is 0 Å². The van der Waals surface area contributed by atoms with E-state index in [0.29, 0.717) is 5.69 Å². The van der Waals surface area contributed by atoms with E-state index < -0.39 is 10.0 Å². The second kappa shape index (κ2) is 5.92. The molecule has 8 nitrogen and oxygen atoms in total. The van der Waals surface area contributed by atoms with Crippen molar-refractivity contribution in [2.24, 2.45) is 0 Å². The topological polar surface area (TPSA) is 106 Å². The van der Waals surface area contributed by atoms with Crippen molar-refractivity contribution < 1.29 is 13.2 Å². The van der Waals surface area contributed by atoms with Crippen molar-refractivity contribution >= 4 is 27.4 Å². The molecule has 0 aliphatic carbocycles. The largest absolute Gasteiger partial charge is 0.324 e. The van der Waals surface area contributed by atoms with Crippen LogP contribution in [0.2, 0.25) is 0 Å². The van der Waals surface area contributed by atoms with Crippen LogP contribution in [0.3, 0.4) is 0 Å². The summed E-state index contributed by atoms with van der Waals surface area (Å²) in [5.41, 5.74) is 1.66. The first-order valence-electron chi connectivity index (χ1n) is 6.07. The van der Waals surface area contributed by atoms with Crippen LogP contribution in [0.25, 0.3) is 0 Å². The van der Waals surface area contributed by atoms with Gasteiger partial charge in [-0.15, -0.1) is 5.10 Å². The number of sulfonamides is 1. The van der Waals surface area contributed by atoms with Gasteiger partial charge < -0.3 is 5.32 Å². The number of carbonyl (C=O) groups is 1. The molecule has 112 valence electrons. The fraction of sp³-hybridized carbons (Fsp3) is 0.250. The summed E-state index contributed by atoms with van der Waals surface area (Å²) < 4.78 is 24.3. The van der Waals surface area contributed by atoms with Crippen molar-refractivity contribution in [3.63, 3.8) is 0 Å². The molecule has 2 aromatic rings. The Hall–Kier alpha value is -2.42. The van der Waals surface area contributed by atoms with Gasteiger partial charge in [0, 0.05) is 5.69 Å². The smallest absolute Gasteiger partial charge is 0.247 e. The molecule has 0 unspecified atom stereocenters. The van der Waals surface area contributed by atoms with Gasteiger partial charge in [-0.05, 0) is 18.6 Å². The third-order valence-corrected chi connectivity index (χ3v) is 3.11. The number of amides is 1. The second-order valence-corrected chi connectivity index (χ2v) is 6.25. The van der Waals surface area contributed by atoms with Gasteiger partial charge in [0.2, 0.25) is 15.9 Å². The minimum absolute atomic E-state index is 0.0705. The van der Waals surface area contributed by atoms with Gasteiger partial charge in [0.15, 0.2) is 5.82 Å². The first-order valence-corrected chi connectivity index (χ1v) is 7.96. The van der Waals surface area contributed by atoms with Crippen LogP contribution in [0.1, 0.15) is 5.56 Å². The van der Waals surface area contributed by atoms with Gasteiger partial charge in [-0.2, -0.15) is 9.90 Å². The van der Waals surface area contributed by atoms with Gasteiger partial charge in [0.25, 0.3) is 0 Å². The lowest BCUT2D eigenvalue weighted by Gasteiger charge is -2.07. The summed E-state index contributed by atoms with van der Waals surface area (Å²) >= 11 is 0. The molecule has 0 atom stereocenters. The first kappa shape index (κ1) is 15.0. The minimum Gasteiger partial charge on any atom is -0.324 e. The van der Waals surface area contributed by atoms with E-state index in [1.165, 1.54) is 6.20 Å². The van der Waals surface area contributed by atoms with Crippen molar-refractivity contribution in [1.29, 1.82) is 0 Å². The van der Waals surface area contributed by atoms with Crippen molar-refractivity contribution in [1.82, 2.24) is 15.0 Å². The highest BCUT2D eigenvalue weighted by atomic mass is 32.2. The molecule has 0 saturated carbocycles. The van der Waals surface area contributed by atoms with Crippen LogP contribution in [0.15, 0.2) is 30.5 Å². The summed E-state index contributed by atoms with van der Waals surface area (Å²) in [6, 6.07) is 7.38. The van der Waals surface area contributed by atoms with E-state index in [9.17, 15) is 13.2 Å². The van der Waals surface area contributed by atoms with Crippen LogP contribution in [0.5, 0.6) is 0 Å². The van der Waals surface area contributed by atoms with Gasteiger partial charge in [0.1, 0.15) is 6.54 Å². The van der Waals surface area contributed by atoms with Crippen LogP contribution in [0.4, 0.5) is 11.5 Å². The highest BCUT2D eigenvalue weighted by molar-refractivity contribution is 7.92. The van der Waals surface area contributed by atoms with Crippen LogP contribution >= 0.6 is 0 Å².